The Morgan fingerprint density at radius 3 is 2.24 bits per heavy atom. The summed E-state index contributed by atoms with van der Waals surface area (Å²) in [5, 5.41) is 14.8. The molecule has 8 nitrogen and oxygen atoms in total. The zero-order valence-electron chi connectivity index (χ0n) is 18.7. The van der Waals surface area contributed by atoms with Crippen molar-refractivity contribution >= 4 is 29.3 Å². The Hall–Kier alpha value is -4.77. The molecule has 0 fully saturated rings. The second-order valence-corrected chi connectivity index (χ2v) is 6.97. The third-order valence-corrected chi connectivity index (χ3v) is 4.63. The molecule has 0 radical (unpaired) electrons. The van der Waals surface area contributed by atoms with Crippen molar-refractivity contribution in [1.82, 2.24) is 0 Å². The predicted molar refractivity (Wildman–Crippen MR) is 129 cm³/mol. The van der Waals surface area contributed by atoms with Crippen molar-refractivity contribution in [2.24, 2.45) is 0 Å². The fraction of sp³-hybridized carbons (Fsp3) is 0.115. The highest BCUT2D eigenvalue weighted by Gasteiger charge is 2.12. The summed E-state index contributed by atoms with van der Waals surface area (Å²) in [4.78, 5) is 24.6. The van der Waals surface area contributed by atoms with Crippen LogP contribution in [0.15, 0.2) is 78.4 Å². The maximum absolute atomic E-state index is 12.4. The van der Waals surface area contributed by atoms with Crippen LogP contribution in [0.2, 0.25) is 0 Å². The molecule has 0 saturated carbocycles. The molecule has 34 heavy (non-hydrogen) atoms. The number of carbonyl (C=O) groups is 2. The summed E-state index contributed by atoms with van der Waals surface area (Å²) in [7, 11) is 3.02. The van der Waals surface area contributed by atoms with Crippen LogP contribution in [-0.2, 0) is 9.59 Å². The summed E-state index contributed by atoms with van der Waals surface area (Å²) in [5.41, 5.74) is 1.69. The van der Waals surface area contributed by atoms with Gasteiger partial charge in [0.15, 0.2) is 18.1 Å². The Morgan fingerprint density at radius 1 is 0.882 bits per heavy atom. The zero-order valence-corrected chi connectivity index (χ0v) is 18.7. The SMILES string of the molecule is COc1ccc(NC(=O)COc2ccc(C=C(C#N)C(=O)Nc3ccccc3)cc2OC)cc1. The minimum absolute atomic E-state index is 0.0709. The van der Waals surface area contributed by atoms with Gasteiger partial charge in [-0.2, -0.15) is 5.26 Å². The number of benzene rings is 3. The highest BCUT2D eigenvalue weighted by molar-refractivity contribution is 6.09. The summed E-state index contributed by atoms with van der Waals surface area (Å²) in [6.07, 6.45) is 1.45. The predicted octanol–water partition coefficient (Wildman–Crippen LogP) is 4.27. The molecular formula is C26H23N3O5. The van der Waals surface area contributed by atoms with E-state index < -0.39 is 5.91 Å². The minimum atomic E-state index is -0.525. The molecule has 0 aliphatic carbocycles. The fourth-order valence-corrected chi connectivity index (χ4v) is 2.94. The molecule has 0 heterocycles. The molecule has 0 saturated heterocycles. The first-order valence-corrected chi connectivity index (χ1v) is 10.3. The second-order valence-electron chi connectivity index (χ2n) is 6.97. The van der Waals surface area contributed by atoms with Gasteiger partial charge in [0.1, 0.15) is 17.4 Å². The maximum Gasteiger partial charge on any atom is 0.266 e. The van der Waals surface area contributed by atoms with Gasteiger partial charge in [-0.05, 0) is 60.2 Å². The molecule has 172 valence electrons. The van der Waals surface area contributed by atoms with E-state index in [9.17, 15) is 14.9 Å². The molecule has 3 aromatic carbocycles. The van der Waals surface area contributed by atoms with Crippen molar-refractivity contribution in [3.05, 3.63) is 83.9 Å². The van der Waals surface area contributed by atoms with Crippen molar-refractivity contribution in [1.29, 1.82) is 5.26 Å². The van der Waals surface area contributed by atoms with Gasteiger partial charge in [0.05, 0.1) is 14.2 Å². The highest BCUT2D eigenvalue weighted by Crippen LogP contribution is 2.29. The van der Waals surface area contributed by atoms with E-state index in [2.05, 4.69) is 10.6 Å². The van der Waals surface area contributed by atoms with Crippen LogP contribution in [0, 0.1) is 11.3 Å². The van der Waals surface area contributed by atoms with Crippen molar-refractivity contribution in [2.45, 2.75) is 0 Å². The molecular weight excluding hydrogens is 434 g/mol. The van der Waals surface area contributed by atoms with Crippen molar-refractivity contribution in [2.75, 3.05) is 31.5 Å². The van der Waals surface area contributed by atoms with Crippen molar-refractivity contribution in [3.8, 4) is 23.3 Å². The Balaban J connectivity index is 1.65. The molecule has 0 bridgehead atoms. The van der Waals surface area contributed by atoms with E-state index in [-0.39, 0.29) is 18.1 Å². The van der Waals surface area contributed by atoms with Gasteiger partial charge < -0.3 is 24.8 Å². The van der Waals surface area contributed by atoms with Gasteiger partial charge in [0.25, 0.3) is 11.8 Å². The molecule has 8 heteroatoms. The third-order valence-electron chi connectivity index (χ3n) is 4.63. The monoisotopic (exact) mass is 457 g/mol. The van der Waals surface area contributed by atoms with Gasteiger partial charge in [-0.1, -0.05) is 24.3 Å². The first-order valence-electron chi connectivity index (χ1n) is 10.3. The summed E-state index contributed by atoms with van der Waals surface area (Å²) < 4.78 is 16.0. The topological polar surface area (TPSA) is 110 Å². The van der Waals surface area contributed by atoms with Crippen molar-refractivity contribution in [3.63, 3.8) is 0 Å². The third kappa shape index (κ3) is 6.61. The number of nitrogens with zero attached hydrogens (tertiary/aromatic N) is 1. The maximum atomic E-state index is 12.4. The number of hydrogen-bond acceptors (Lipinski definition) is 6. The summed E-state index contributed by atoms with van der Waals surface area (Å²) >= 11 is 0. The van der Waals surface area contributed by atoms with Gasteiger partial charge >= 0.3 is 0 Å². The zero-order chi connectivity index (χ0) is 24.3. The van der Waals surface area contributed by atoms with Crippen LogP contribution in [0.4, 0.5) is 11.4 Å². The first kappa shape index (κ1) is 23.9. The van der Waals surface area contributed by atoms with Crippen LogP contribution >= 0.6 is 0 Å². The van der Waals surface area contributed by atoms with Crippen LogP contribution in [-0.4, -0.2) is 32.6 Å². The lowest BCUT2D eigenvalue weighted by atomic mass is 10.1. The smallest absolute Gasteiger partial charge is 0.266 e. The van der Waals surface area contributed by atoms with E-state index >= 15 is 0 Å². The van der Waals surface area contributed by atoms with Gasteiger partial charge in [-0.25, -0.2) is 0 Å². The van der Waals surface area contributed by atoms with Crippen LogP contribution in [0.25, 0.3) is 6.08 Å². The fourth-order valence-electron chi connectivity index (χ4n) is 2.94. The van der Waals surface area contributed by atoms with Gasteiger partial charge in [0.2, 0.25) is 0 Å². The lowest BCUT2D eigenvalue weighted by Crippen LogP contribution is -2.20. The molecule has 0 atom stereocenters. The van der Waals surface area contributed by atoms with E-state index in [0.717, 1.165) is 0 Å². The number of methoxy groups -OCH3 is 2. The van der Waals surface area contributed by atoms with E-state index in [1.165, 1.54) is 13.2 Å². The number of para-hydroxylation sites is 1. The van der Waals surface area contributed by atoms with Crippen LogP contribution in [0.3, 0.4) is 0 Å². The number of ether oxygens (including phenoxy) is 3. The average Bonchev–Trinajstić information content (AvgIpc) is 2.87. The van der Waals surface area contributed by atoms with Crippen LogP contribution in [0.5, 0.6) is 17.2 Å². The Kier molecular flexibility index (Phi) is 8.25. The molecule has 0 aliphatic rings. The molecule has 0 unspecified atom stereocenters. The minimum Gasteiger partial charge on any atom is -0.497 e. The number of nitrogens with one attached hydrogen (secondary N) is 2. The largest absolute Gasteiger partial charge is 0.497 e. The molecule has 0 aliphatic heterocycles. The Morgan fingerprint density at radius 2 is 1.59 bits per heavy atom. The molecule has 2 amide bonds. The highest BCUT2D eigenvalue weighted by atomic mass is 16.5. The second kappa shape index (κ2) is 11.7. The number of amides is 2. The van der Waals surface area contributed by atoms with Gasteiger partial charge in [-0.3, -0.25) is 9.59 Å². The van der Waals surface area contributed by atoms with E-state index in [1.807, 2.05) is 12.1 Å². The number of hydrogen-bond donors (Lipinski definition) is 2. The lowest BCUT2D eigenvalue weighted by molar-refractivity contribution is -0.118. The summed E-state index contributed by atoms with van der Waals surface area (Å²) in [6, 6.07) is 22.6. The molecule has 0 aromatic heterocycles. The van der Waals surface area contributed by atoms with E-state index in [1.54, 1.807) is 73.8 Å². The average molecular weight is 457 g/mol. The summed E-state index contributed by atoms with van der Waals surface area (Å²) in [6.45, 7) is -0.236. The standard InChI is InChI=1S/C26H23N3O5/c1-32-22-11-9-21(10-12-22)28-25(30)17-34-23-13-8-18(15-24(23)33-2)14-19(16-27)26(31)29-20-6-4-3-5-7-20/h3-15H,17H2,1-2H3,(H,28,30)(H,29,31). The molecule has 3 aromatic rings. The van der Waals surface area contributed by atoms with Crippen molar-refractivity contribution < 1.29 is 23.8 Å². The number of rotatable bonds is 9. The van der Waals surface area contributed by atoms with Gasteiger partial charge in [-0.15, -0.1) is 0 Å². The molecule has 2 N–H and O–H groups in total. The normalized spacial score (nSPS) is 10.6. The van der Waals surface area contributed by atoms with E-state index in [4.69, 9.17) is 14.2 Å². The molecule has 0 spiro atoms. The summed E-state index contributed by atoms with van der Waals surface area (Å²) in [5.74, 6) is 0.512. The lowest BCUT2D eigenvalue weighted by Gasteiger charge is -2.12. The Labute approximate surface area is 197 Å². The van der Waals surface area contributed by atoms with Gasteiger partial charge in [0, 0.05) is 11.4 Å². The van der Waals surface area contributed by atoms with E-state index in [0.29, 0.717) is 34.2 Å². The number of nitriles is 1. The van der Waals surface area contributed by atoms with Crippen LogP contribution in [0.1, 0.15) is 5.56 Å². The number of carbonyl (C=O) groups excluding carboxylic acids is 2. The Bertz CT molecular complexity index is 1220. The molecule has 3 rings (SSSR count). The first-order chi connectivity index (χ1) is 16.5. The quantitative estimate of drug-likeness (QED) is 0.367. The van der Waals surface area contributed by atoms with Crippen LogP contribution < -0.4 is 24.8 Å². The number of anilines is 2.